The molecule has 10 heteroatoms. The zero-order valence-electron chi connectivity index (χ0n) is 14.7. The van der Waals surface area contributed by atoms with E-state index < -0.39 is 20.5 Å². The van der Waals surface area contributed by atoms with Gasteiger partial charge in [-0.1, -0.05) is 41.6 Å². The lowest BCUT2D eigenvalue weighted by Gasteiger charge is -2.04. The number of halogens is 2. The van der Waals surface area contributed by atoms with Crippen LogP contribution < -0.4 is 4.74 Å². The number of rotatable bonds is 8. The summed E-state index contributed by atoms with van der Waals surface area (Å²) >= 11 is 1.24. The van der Waals surface area contributed by atoms with Crippen LogP contribution >= 0.6 is 11.8 Å². The maximum atomic E-state index is 12.5. The monoisotopic (exact) mass is 426 g/mol. The molecule has 0 bridgehead atoms. The largest absolute Gasteiger partial charge is 0.484 e. The Hall–Kier alpha value is -2.46. The van der Waals surface area contributed by atoms with Crippen LogP contribution in [0.25, 0.3) is 0 Å². The van der Waals surface area contributed by atoms with E-state index in [1.165, 1.54) is 23.9 Å². The zero-order chi connectivity index (χ0) is 20.1. The second-order valence-electron chi connectivity index (χ2n) is 5.80. The summed E-state index contributed by atoms with van der Waals surface area (Å²) < 4.78 is 58.9. The van der Waals surface area contributed by atoms with Gasteiger partial charge in [-0.25, -0.2) is 8.42 Å². The summed E-state index contributed by atoms with van der Waals surface area (Å²) in [5, 5.41) is 8.14. The minimum atomic E-state index is -4.58. The van der Waals surface area contributed by atoms with Crippen molar-refractivity contribution in [2.45, 2.75) is 35.2 Å². The smallest absolute Gasteiger partial charge is 0.341 e. The van der Waals surface area contributed by atoms with Gasteiger partial charge in [-0.2, -0.15) is 8.78 Å². The molecule has 1 heterocycles. The van der Waals surface area contributed by atoms with Gasteiger partial charge in [0.05, 0.1) is 4.90 Å². The first-order chi connectivity index (χ1) is 13.3. The molecule has 0 aliphatic heterocycles. The number of hydrogen-bond acceptors (Lipinski definition) is 7. The maximum absolute atomic E-state index is 12.5. The Morgan fingerprint density at radius 3 is 2.39 bits per heavy atom. The van der Waals surface area contributed by atoms with E-state index in [2.05, 4.69) is 10.2 Å². The van der Waals surface area contributed by atoms with Gasteiger partial charge in [-0.05, 0) is 36.8 Å². The molecule has 0 spiro atoms. The van der Waals surface area contributed by atoms with Crippen molar-refractivity contribution in [2.75, 3.05) is 0 Å². The minimum Gasteiger partial charge on any atom is -0.484 e. The minimum absolute atomic E-state index is 0.136. The first-order valence-corrected chi connectivity index (χ1v) is 10.6. The number of alkyl halides is 2. The van der Waals surface area contributed by atoms with Gasteiger partial charge in [0.1, 0.15) is 5.75 Å². The Bertz CT molecular complexity index is 1020. The van der Waals surface area contributed by atoms with Gasteiger partial charge in [-0.15, -0.1) is 10.2 Å². The highest BCUT2D eigenvalue weighted by molar-refractivity contribution is 7.98. The van der Waals surface area contributed by atoms with Crippen LogP contribution in [0.3, 0.4) is 0 Å². The van der Waals surface area contributed by atoms with Crippen molar-refractivity contribution in [1.82, 2.24) is 10.2 Å². The van der Waals surface area contributed by atoms with Crippen molar-refractivity contribution >= 4 is 21.6 Å². The van der Waals surface area contributed by atoms with Crippen molar-refractivity contribution in [1.29, 1.82) is 0 Å². The third kappa shape index (κ3) is 5.08. The van der Waals surface area contributed by atoms with Crippen LogP contribution in [0.1, 0.15) is 17.0 Å². The molecule has 148 valence electrons. The summed E-state index contributed by atoms with van der Waals surface area (Å²) in [7, 11) is -4.58. The quantitative estimate of drug-likeness (QED) is 0.498. The standard InChI is InChI=1S/C18H16F2N2O4S2/c1-12-2-6-14(7-3-12)25-10-16-21-22-18(26-16)27-11-13-4-8-15(9-5-13)28(23,24)17(19)20/h2-9,17H,10-11H2,1H3. The number of aromatic nitrogens is 2. The van der Waals surface area contributed by atoms with Crippen LogP contribution in [-0.2, 0) is 22.2 Å². The van der Waals surface area contributed by atoms with Gasteiger partial charge in [0.2, 0.25) is 9.84 Å². The molecule has 6 nitrogen and oxygen atoms in total. The van der Waals surface area contributed by atoms with E-state index in [1.807, 2.05) is 31.2 Å². The number of thioether (sulfide) groups is 1. The highest BCUT2D eigenvalue weighted by atomic mass is 32.2. The number of hydrogen-bond donors (Lipinski definition) is 0. The molecule has 3 rings (SSSR count). The van der Waals surface area contributed by atoms with Crippen molar-refractivity contribution in [2.24, 2.45) is 0 Å². The summed E-state index contributed by atoms with van der Waals surface area (Å²) in [5.41, 5.74) is 1.86. The van der Waals surface area contributed by atoms with Crippen molar-refractivity contribution < 1.29 is 26.4 Å². The lowest BCUT2D eigenvalue weighted by atomic mass is 10.2. The molecule has 0 aliphatic carbocycles. The first kappa shape index (κ1) is 20.3. The number of sulfone groups is 1. The summed E-state index contributed by atoms with van der Waals surface area (Å²) in [4.78, 5) is -0.412. The molecule has 0 radical (unpaired) electrons. The van der Waals surface area contributed by atoms with E-state index in [-0.39, 0.29) is 6.61 Å². The second-order valence-corrected chi connectivity index (χ2v) is 8.65. The van der Waals surface area contributed by atoms with Crippen molar-refractivity contribution in [3.63, 3.8) is 0 Å². The maximum Gasteiger partial charge on any atom is 0.341 e. The van der Waals surface area contributed by atoms with E-state index in [1.54, 1.807) is 0 Å². The predicted octanol–water partition coefficient (Wildman–Crippen LogP) is 4.25. The van der Waals surface area contributed by atoms with E-state index >= 15 is 0 Å². The van der Waals surface area contributed by atoms with Crippen molar-refractivity contribution in [3.05, 3.63) is 65.5 Å². The van der Waals surface area contributed by atoms with Crippen LogP contribution in [0.4, 0.5) is 8.78 Å². The Morgan fingerprint density at radius 2 is 1.75 bits per heavy atom. The molecule has 0 fully saturated rings. The SMILES string of the molecule is Cc1ccc(OCc2nnc(SCc3ccc(S(=O)(=O)C(F)F)cc3)o2)cc1. The summed E-state index contributed by atoms with van der Waals surface area (Å²) in [6.45, 7) is 2.12. The highest BCUT2D eigenvalue weighted by Gasteiger charge is 2.26. The molecule has 0 amide bonds. The van der Waals surface area contributed by atoms with Crippen LogP contribution in [0.15, 0.2) is 63.1 Å². The Balaban J connectivity index is 1.53. The number of benzene rings is 2. The molecule has 0 aliphatic rings. The molecular formula is C18H16F2N2O4S2. The van der Waals surface area contributed by atoms with Gasteiger partial charge < -0.3 is 9.15 Å². The van der Waals surface area contributed by atoms with E-state index in [0.717, 1.165) is 23.3 Å². The van der Waals surface area contributed by atoms with Gasteiger partial charge in [0.25, 0.3) is 11.1 Å². The van der Waals surface area contributed by atoms with Crippen LogP contribution in [0.5, 0.6) is 5.75 Å². The normalized spacial score (nSPS) is 11.7. The molecular weight excluding hydrogens is 410 g/mol. The molecule has 0 N–H and O–H groups in total. The van der Waals surface area contributed by atoms with E-state index in [0.29, 0.717) is 22.6 Å². The van der Waals surface area contributed by atoms with Crippen LogP contribution in [-0.4, -0.2) is 24.4 Å². The molecule has 0 saturated carbocycles. The first-order valence-electron chi connectivity index (χ1n) is 8.10. The fourth-order valence-corrected chi connectivity index (χ4v) is 3.62. The topological polar surface area (TPSA) is 82.3 Å². The average molecular weight is 426 g/mol. The Labute approximate surface area is 164 Å². The van der Waals surface area contributed by atoms with Gasteiger partial charge >= 0.3 is 5.76 Å². The van der Waals surface area contributed by atoms with Gasteiger partial charge in [0.15, 0.2) is 6.61 Å². The number of ether oxygens (including phenoxy) is 1. The lowest BCUT2D eigenvalue weighted by molar-refractivity contribution is 0.234. The van der Waals surface area contributed by atoms with Crippen molar-refractivity contribution in [3.8, 4) is 5.75 Å². The molecule has 28 heavy (non-hydrogen) atoms. The van der Waals surface area contributed by atoms with Crippen LogP contribution in [0.2, 0.25) is 0 Å². The number of nitrogens with zero attached hydrogens (tertiary/aromatic N) is 2. The average Bonchev–Trinajstić information content (AvgIpc) is 3.14. The zero-order valence-corrected chi connectivity index (χ0v) is 16.3. The van der Waals surface area contributed by atoms with E-state index in [4.69, 9.17) is 9.15 Å². The fraction of sp³-hybridized carbons (Fsp3) is 0.222. The molecule has 1 aromatic heterocycles. The predicted molar refractivity (Wildman–Crippen MR) is 99.0 cm³/mol. The van der Waals surface area contributed by atoms with Gasteiger partial charge in [-0.3, -0.25) is 0 Å². The third-order valence-corrected chi connectivity index (χ3v) is 5.97. The molecule has 0 atom stereocenters. The third-order valence-electron chi connectivity index (χ3n) is 3.68. The molecule has 0 unspecified atom stereocenters. The molecule has 2 aromatic carbocycles. The van der Waals surface area contributed by atoms with Crippen LogP contribution in [0, 0.1) is 6.92 Å². The highest BCUT2D eigenvalue weighted by Crippen LogP contribution is 2.24. The fourth-order valence-electron chi connectivity index (χ4n) is 2.16. The summed E-state index contributed by atoms with van der Waals surface area (Å²) in [6.07, 6.45) is 0. The van der Waals surface area contributed by atoms with Gasteiger partial charge in [0, 0.05) is 5.75 Å². The summed E-state index contributed by atoms with van der Waals surface area (Å²) in [5.74, 6) is -2.01. The number of aryl methyl sites for hydroxylation is 1. The summed E-state index contributed by atoms with van der Waals surface area (Å²) in [6, 6.07) is 12.8. The Morgan fingerprint density at radius 1 is 1.07 bits per heavy atom. The molecule has 3 aromatic rings. The van der Waals surface area contributed by atoms with E-state index in [9.17, 15) is 17.2 Å². The Kier molecular flexibility index (Phi) is 6.30. The molecule has 0 saturated heterocycles. The second kappa shape index (κ2) is 8.70. The lowest BCUT2D eigenvalue weighted by Crippen LogP contribution is -2.11.